The summed E-state index contributed by atoms with van der Waals surface area (Å²) in [6, 6.07) is -0.269. The monoisotopic (exact) mass is 477 g/mol. The Labute approximate surface area is 197 Å². The van der Waals surface area contributed by atoms with Crippen LogP contribution in [0.15, 0.2) is 4.79 Å². The lowest BCUT2D eigenvalue weighted by Crippen LogP contribution is -2.41. The number of amides is 2. The number of pyridine rings is 1. The molecule has 186 valence electrons. The number of benzene rings is 1. The fourth-order valence-electron chi connectivity index (χ4n) is 5.00. The van der Waals surface area contributed by atoms with E-state index >= 15 is 8.78 Å². The summed E-state index contributed by atoms with van der Waals surface area (Å²) in [6.45, 7) is 10.1. The lowest BCUT2D eigenvalue weighted by Gasteiger charge is -2.33. The van der Waals surface area contributed by atoms with Crippen molar-refractivity contribution in [3.05, 3.63) is 33.1 Å². The van der Waals surface area contributed by atoms with Crippen LogP contribution in [0.1, 0.15) is 69.9 Å². The zero-order valence-corrected chi connectivity index (χ0v) is 20.3. The van der Waals surface area contributed by atoms with Crippen molar-refractivity contribution in [3.63, 3.8) is 0 Å². The number of halogens is 2. The molecule has 2 amide bonds. The van der Waals surface area contributed by atoms with Crippen LogP contribution in [-0.4, -0.2) is 40.4 Å². The Balaban J connectivity index is 0.00000158. The van der Waals surface area contributed by atoms with Crippen molar-refractivity contribution in [1.29, 1.82) is 0 Å². The van der Waals surface area contributed by atoms with Gasteiger partial charge in [-0.05, 0) is 39.5 Å². The molecule has 1 fully saturated rings. The van der Waals surface area contributed by atoms with Gasteiger partial charge in [-0.1, -0.05) is 13.8 Å². The first kappa shape index (κ1) is 25.5. The quantitative estimate of drug-likeness (QED) is 0.586. The molecular formula is C24H33F2N5O3. The average Bonchev–Trinajstić information content (AvgIpc) is 3.10. The van der Waals surface area contributed by atoms with E-state index in [1.807, 2.05) is 27.7 Å². The molecule has 10 heteroatoms. The Bertz CT molecular complexity index is 1210. The number of nitrogens with one attached hydrogen (secondary N) is 1. The van der Waals surface area contributed by atoms with Crippen molar-refractivity contribution in [2.45, 2.75) is 71.9 Å². The van der Waals surface area contributed by atoms with E-state index in [4.69, 9.17) is 11.5 Å². The fraction of sp³-hybridized carbons (Fsp3) is 0.542. The van der Waals surface area contributed by atoms with E-state index in [2.05, 4.69) is 5.32 Å². The maximum atomic E-state index is 15.9. The third-order valence-corrected chi connectivity index (χ3v) is 6.74. The van der Waals surface area contributed by atoms with E-state index in [9.17, 15) is 14.4 Å². The van der Waals surface area contributed by atoms with Crippen LogP contribution < -0.4 is 22.2 Å². The number of primary amides is 1. The van der Waals surface area contributed by atoms with Gasteiger partial charge < -0.3 is 26.3 Å². The summed E-state index contributed by atoms with van der Waals surface area (Å²) in [5, 5.41) is 2.54. The van der Waals surface area contributed by atoms with Crippen LogP contribution in [0.5, 0.6) is 0 Å². The predicted octanol–water partition coefficient (Wildman–Crippen LogP) is 3.09. The summed E-state index contributed by atoms with van der Waals surface area (Å²) in [5.74, 6) is -2.99. The summed E-state index contributed by atoms with van der Waals surface area (Å²) in [7, 11) is 0. The number of carbonyl (C=O) groups is 2. The molecule has 8 nitrogen and oxygen atoms in total. The Kier molecular flexibility index (Phi) is 6.91. The van der Waals surface area contributed by atoms with Gasteiger partial charge in [0.15, 0.2) is 11.6 Å². The van der Waals surface area contributed by atoms with Crippen molar-refractivity contribution in [1.82, 2.24) is 9.47 Å². The molecule has 1 aromatic heterocycles. The second-order valence-corrected chi connectivity index (χ2v) is 9.23. The van der Waals surface area contributed by atoms with Gasteiger partial charge in [0.05, 0.1) is 16.6 Å². The van der Waals surface area contributed by atoms with Gasteiger partial charge >= 0.3 is 0 Å². The Morgan fingerprint density at radius 2 is 1.71 bits per heavy atom. The predicted molar refractivity (Wildman–Crippen MR) is 129 cm³/mol. The van der Waals surface area contributed by atoms with E-state index in [1.165, 1.54) is 6.92 Å². The van der Waals surface area contributed by atoms with Gasteiger partial charge in [0.25, 0.3) is 5.91 Å². The second kappa shape index (κ2) is 9.23. The molecule has 2 aromatic rings. The van der Waals surface area contributed by atoms with Crippen LogP contribution in [0.25, 0.3) is 10.9 Å². The Morgan fingerprint density at radius 1 is 1.12 bits per heavy atom. The molecule has 3 heterocycles. The zero-order valence-electron chi connectivity index (χ0n) is 20.3. The summed E-state index contributed by atoms with van der Waals surface area (Å²) in [6.07, 6.45) is 1.94. The van der Waals surface area contributed by atoms with Crippen molar-refractivity contribution in [3.8, 4) is 0 Å². The normalized spacial score (nSPS) is 17.2. The molecule has 0 bridgehead atoms. The minimum Gasteiger partial charge on any atom is -0.396 e. The van der Waals surface area contributed by atoms with Gasteiger partial charge in [-0.2, -0.15) is 0 Å². The number of fused-ring (bicyclic) bond motifs is 3. The molecule has 0 aliphatic carbocycles. The number of hydrogen-bond acceptors (Lipinski definition) is 5. The molecule has 4 rings (SSSR count). The SMILES string of the molecule is CC.CC(=O)N1CCC(Nc2c(F)c(N)c3c(=O)c(C(N)=O)c4n(c3c2F)C(C)(C)CC4)CC1. The largest absolute Gasteiger partial charge is 0.396 e. The lowest BCUT2D eigenvalue weighted by molar-refractivity contribution is -0.129. The maximum Gasteiger partial charge on any atom is 0.254 e. The molecule has 5 N–H and O–H groups in total. The van der Waals surface area contributed by atoms with Crippen molar-refractivity contribution in [2.75, 3.05) is 24.1 Å². The van der Waals surface area contributed by atoms with Crippen molar-refractivity contribution < 1.29 is 18.4 Å². The number of anilines is 2. The number of carbonyl (C=O) groups excluding carboxylic acids is 2. The van der Waals surface area contributed by atoms with E-state index in [0.717, 1.165) is 0 Å². The molecule has 2 aliphatic rings. The maximum absolute atomic E-state index is 15.9. The van der Waals surface area contributed by atoms with Crippen LogP contribution in [0.3, 0.4) is 0 Å². The Morgan fingerprint density at radius 3 is 2.24 bits per heavy atom. The van der Waals surface area contributed by atoms with Crippen LogP contribution in [-0.2, 0) is 16.8 Å². The number of aromatic nitrogens is 1. The van der Waals surface area contributed by atoms with Crippen LogP contribution in [0.2, 0.25) is 0 Å². The molecule has 0 atom stereocenters. The summed E-state index contributed by atoms with van der Waals surface area (Å²) in [4.78, 5) is 38.4. The van der Waals surface area contributed by atoms with Gasteiger partial charge in [-0.25, -0.2) is 8.78 Å². The zero-order chi connectivity index (χ0) is 25.5. The van der Waals surface area contributed by atoms with E-state index < -0.39 is 39.9 Å². The summed E-state index contributed by atoms with van der Waals surface area (Å²) in [5.41, 5.74) is 8.99. The first-order valence-electron chi connectivity index (χ1n) is 11.7. The lowest BCUT2D eigenvalue weighted by atomic mass is 10.0. The van der Waals surface area contributed by atoms with E-state index in [1.54, 1.807) is 9.47 Å². The molecule has 1 saturated heterocycles. The van der Waals surface area contributed by atoms with Crippen LogP contribution in [0, 0.1) is 11.6 Å². The molecule has 2 aliphatic heterocycles. The number of nitrogens with zero attached hydrogens (tertiary/aromatic N) is 2. The van der Waals surface area contributed by atoms with Gasteiger partial charge in [0, 0.05) is 37.3 Å². The minimum absolute atomic E-state index is 0.0433. The molecule has 0 saturated carbocycles. The van der Waals surface area contributed by atoms with Gasteiger partial charge in [0.2, 0.25) is 11.3 Å². The van der Waals surface area contributed by atoms with E-state index in [0.29, 0.717) is 44.5 Å². The highest BCUT2D eigenvalue weighted by molar-refractivity contribution is 6.02. The first-order valence-corrected chi connectivity index (χ1v) is 11.7. The van der Waals surface area contributed by atoms with E-state index in [-0.39, 0.29) is 28.4 Å². The highest BCUT2D eigenvalue weighted by Gasteiger charge is 2.38. The summed E-state index contributed by atoms with van der Waals surface area (Å²) >= 11 is 0. The standard InChI is InChI=1S/C22H27F2N5O3.C2H6/c1-10(30)28-8-5-11(6-9-28)27-18-15(23)17(25)14-19(16(18)24)29-12(4-7-22(29,2)3)13(20(14)31)21(26)32;1-2/h11,27H,4-9,25H2,1-3H3,(H2,26,32);1-2H3. The van der Waals surface area contributed by atoms with Gasteiger partial charge in [-0.15, -0.1) is 0 Å². The van der Waals surface area contributed by atoms with Crippen LogP contribution in [0.4, 0.5) is 20.2 Å². The van der Waals surface area contributed by atoms with Crippen molar-refractivity contribution >= 4 is 34.1 Å². The number of piperidine rings is 1. The topological polar surface area (TPSA) is 123 Å². The third kappa shape index (κ3) is 3.99. The molecule has 1 aromatic carbocycles. The smallest absolute Gasteiger partial charge is 0.254 e. The third-order valence-electron chi connectivity index (χ3n) is 6.74. The average molecular weight is 478 g/mol. The number of nitrogen functional groups attached to an aromatic ring is 1. The number of likely N-dealkylation sites (tertiary alicyclic amines) is 1. The number of hydrogen-bond donors (Lipinski definition) is 3. The van der Waals surface area contributed by atoms with Crippen LogP contribution >= 0.6 is 0 Å². The second-order valence-electron chi connectivity index (χ2n) is 9.23. The first-order chi connectivity index (χ1) is 16.0. The van der Waals surface area contributed by atoms with Crippen molar-refractivity contribution in [2.24, 2.45) is 5.73 Å². The molecule has 0 radical (unpaired) electrons. The highest BCUT2D eigenvalue weighted by atomic mass is 19.1. The van der Waals surface area contributed by atoms with Gasteiger partial charge in [-0.3, -0.25) is 14.4 Å². The molecular weight excluding hydrogens is 444 g/mol. The molecule has 0 unspecified atom stereocenters. The number of rotatable bonds is 3. The molecule has 0 spiro atoms. The number of nitrogens with two attached hydrogens (primary N) is 2. The minimum atomic E-state index is -1.08. The fourth-order valence-corrected chi connectivity index (χ4v) is 5.00. The van der Waals surface area contributed by atoms with Gasteiger partial charge in [0.1, 0.15) is 11.3 Å². The summed E-state index contributed by atoms with van der Waals surface area (Å²) < 4.78 is 32.7. The molecule has 34 heavy (non-hydrogen) atoms. The highest BCUT2D eigenvalue weighted by Crippen LogP contribution is 2.41. The Hall–Kier alpha value is -3.17.